The number of rotatable bonds is 3. The maximum Gasteiger partial charge on any atom is 0.0555 e. The molecule has 0 saturated carbocycles. The van der Waals surface area contributed by atoms with E-state index in [0.29, 0.717) is 0 Å². The van der Waals surface area contributed by atoms with Gasteiger partial charge in [0.1, 0.15) is 0 Å². The lowest BCUT2D eigenvalue weighted by Gasteiger charge is -2.11. The van der Waals surface area contributed by atoms with E-state index in [1.165, 1.54) is 69.9 Å². The standard InChI is InChI=1S/C36H22BrNS/c37-27-11-6-10-25(21-27)23-8-5-9-24(20-23)26-18-19-32-30(22-26)28-12-1-3-14-31(28)38(32)33-15-7-17-35-36(33)29-13-2-4-16-34(29)39-35/h1-22H. The van der Waals surface area contributed by atoms with E-state index >= 15 is 0 Å². The molecule has 0 saturated heterocycles. The molecule has 0 radical (unpaired) electrons. The number of hydrogen-bond donors (Lipinski definition) is 0. The summed E-state index contributed by atoms with van der Waals surface area (Å²) in [6, 6.07) is 48.5. The van der Waals surface area contributed by atoms with Crippen LogP contribution in [-0.4, -0.2) is 4.57 Å². The van der Waals surface area contributed by atoms with Gasteiger partial charge in [0.2, 0.25) is 0 Å². The molecule has 184 valence electrons. The van der Waals surface area contributed by atoms with E-state index in [4.69, 9.17) is 0 Å². The van der Waals surface area contributed by atoms with Gasteiger partial charge < -0.3 is 4.57 Å². The van der Waals surface area contributed by atoms with Crippen molar-refractivity contribution >= 4 is 69.2 Å². The summed E-state index contributed by atoms with van der Waals surface area (Å²) < 4.78 is 6.19. The van der Waals surface area contributed by atoms with Crippen LogP contribution >= 0.6 is 27.3 Å². The Morgan fingerprint density at radius 3 is 1.95 bits per heavy atom. The lowest BCUT2D eigenvalue weighted by molar-refractivity contribution is 1.20. The number of halogens is 1. The van der Waals surface area contributed by atoms with Crippen molar-refractivity contribution in [2.24, 2.45) is 0 Å². The highest BCUT2D eigenvalue weighted by molar-refractivity contribution is 9.10. The molecular formula is C36H22BrNS. The lowest BCUT2D eigenvalue weighted by atomic mass is 9.98. The first-order valence-corrected chi connectivity index (χ1v) is 14.7. The molecule has 0 unspecified atom stereocenters. The van der Waals surface area contributed by atoms with Gasteiger partial charge >= 0.3 is 0 Å². The summed E-state index contributed by atoms with van der Waals surface area (Å²) >= 11 is 5.49. The van der Waals surface area contributed by atoms with Crippen LogP contribution in [0, 0.1) is 0 Å². The molecule has 2 heterocycles. The number of nitrogens with zero attached hydrogens (tertiary/aromatic N) is 1. The van der Waals surface area contributed by atoms with E-state index in [1.807, 2.05) is 11.3 Å². The zero-order valence-corrected chi connectivity index (χ0v) is 23.3. The SMILES string of the molecule is Brc1cccc(-c2cccc(-c3ccc4c(c3)c3ccccc3n4-c3cccc4sc5ccccc5c34)c2)c1. The predicted octanol–water partition coefficient (Wildman–Crippen LogP) is 11.2. The third-order valence-electron chi connectivity index (χ3n) is 7.65. The summed E-state index contributed by atoms with van der Waals surface area (Å²) in [5.41, 5.74) is 8.56. The summed E-state index contributed by atoms with van der Waals surface area (Å²) in [4.78, 5) is 0. The summed E-state index contributed by atoms with van der Waals surface area (Å²) in [6.07, 6.45) is 0. The molecule has 0 atom stereocenters. The van der Waals surface area contributed by atoms with Crippen molar-refractivity contribution in [1.82, 2.24) is 4.57 Å². The average Bonchev–Trinajstić information content (AvgIpc) is 3.53. The minimum atomic E-state index is 1.09. The molecule has 8 rings (SSSR count). The average molecular weight is 581 g/mol. The van der Waals surface area contributed by atoms with Crippen LogP contribution in [0.3, 0.4) is 0 Å². The van der Waals surface area contributed by atoms with Gasteiger partial charge in [-0.1, -0.05) is 94.8 Å². The minimum absolute atomic E-state index is 1.09. The van der Waals surface area contributed by atoms with Crippen LogP contribution < -0.4 is 0 Å². The molecule has 8 aromatic rings. The molecule has 0 fully saturated rings. The second-order valence-electron chi connectivity index (χ2n) is 9.92. The molecular weight excluding hydrogens is 558 g/mol. The second-order valence-corrected chi connectivity index (χ2v) is 11.9. The van der Waals surface area contributed by atoms with Crippen molar-refractivity contribution in [3.05, 3.63) is 138 Å². The monoisotopic (exact) mass is 579 g/mol. The maximum absolute atomic E-state index is 3.62. The van der Waals surface area contributed by atoms with Crippen molar-refractivity contribution in [1.29, 1.82) is 0 Å². The van der Waals surface area contributed by atoms with Crippen LogP contribution in [0.4, 0.5) is 0 Å². The van der Waals surface area contributed by atoms with E-state index in [9.17, 15) is 0 Å². The van der Waals surface area contributed by atoms with E-state index in [0.717, 1.165) is 4.47 Å². The number of fused-ring (bicyclic) bond motifs is 6. The van der Waals surface area contributed by atoms with Crippen molar-refractivity contribution in [2.45, 2.75) is 0 Å². The fraction of sp³-hybridized carbons (Fsp3) is 0. The van der Waals surface area contributed by atoms with Gasteiger partial charge in [-0.05, 0) is 76.9 Å². The number of benzene rings is 6. The third kappa shape index (κ3) is 3.65. The summed E-state index contributed by atoms with van der Waals surface area (Å²) in [5, 5.41) is 5.19. The molecule has 1 nitrogen and oxygen atoms in total. The Kier molecular flexibility index (Phi) is 5.22. The number of hydrogen-bond acceptors (Lipinski definition) is 1. The highest BCUT2D eigenvalue weighted by Gasteiger charge is 2.17. The predicted molar refractivity (Wildman–Crippen MR) is 172 cm³/mol. The molecule has 0 amide bonds. The van der Waals surface area contributed by atoms with E-state index in [-0.39, 0.29) is 0 Å². The van der Waals surface area contributed by atoms with Gasteiger partial charge in [0.25, 0.3) is 0 Å². The van der Waals surface area contributed by atoms with Gasteiger partial charge in [-0.3, -0.25) is 0 Å². The Balaban J connectivity index is 1.37. The van der Waals surface area contributed by atoms with Crippen molar-refractivity contribution in [3.8, 4) is 27.9 Å². The van der Waals surface area contributed by atoms with E-state index in [1.54, 1.807) is 0 Å². The van der Waals surface area contributed by atoms with Crippen molar-refractivity contribution < 1.29 is 0 Å². The van der Waals surface area contributed by atoms with Crippen LogP contribution in [0.2, 0.25) is 0 Å². The first kappa shape index (κ1) is 22.8. The Morgan fingerprint density at radius 2 is 1.10 bits per heavy atom. The molecule has 0 spiro atoms. The Labute approximate surface area is 238 Å². The zero-order valence-electron chi connectivity index (χ0n) is 20.9. The summed E-state index contributed by atoms with van der Waals surface area (Å²) in [7, 11) is 0. The molecule has 39 heavy (non-hydrogen) atoms. The molecule has 0 aliphatic carbocycles. The molecule has 0 aliphatic heterocycles. The van der Waals surface area contributed by atoms with Crippen LogP contribution in [-0.2, 0) is 0 Å². The fourth-order valence-corrected chi connectivity index (χ4v) is 7.43. The Hall–Kier alpha value is -4.18. The Morgan fingerprint density at radius 1 is 0.462 bits per heavy atom. The summed E-state index contributed by atoms with van der Waals surface area (Å²) in [6.45, 7) is 0. The van der Waals surface area contributed by atoms with E-state index < -0.39 is 0 Å². The smallest absolute Gasteiger partial charge is 0.0555 e. The highest BCUT2D eigenvalue weighted by atomic mass is 79.9. The second kappa shape index (κ2) is 8.94. The third-order valence-corrected chi connectivity index (χ3v) is 9.28. The van der Waals surface area contributed by atoms with Crippen LogP contribution in [0.15, 0.2) is 138 Å². The zero-order chi connectivity index (χ0) is 25.9. The van der Waals surface area contributed by atoms with E-state index in [2.05, 4.69) is 154 Å². The minimum Gasteiger partial charge on any atom is -0.309 e. The number of para-hydroxylation sites is 1. The molecule has 3 heteroatoms. The van der Waals surface area contributed by atoms with Crippen molar-refractivity contribution in [3.63, 3.8) is 0 Å². The van der Waals surface area contributed by atoms with Crippen LogP contribution in [0.5, 0.6) is 0 Å². The maximum atomic E-state index is 3.62. The molecule has 6 aromatic carbocycles. The quantitative estimate of drug-likeness (QED) is 0.196. The van der Waals surface area contributed by atoms with Gasteiger partial charge in [0, 0.05) is 35.4 Å². The van der Waals surface area contributed by atoms with Crippen LogP contribution in [0.1, 0.15) is 0 Å². The molecule has 2 aromatic heterocycles. The van der Waals surface area contributed by atoms with Gasteiger partial charge in [-0.15, -0.1) is 11.3 Å². The lowest BCUT2D eigenvalue weighted by Crippen LogP contribution is -1.94. The van der Waals surface area contributed by atoms with Crippen molar-refractivity contribution in [2.75, 3.05) is 0 Å². The van der Waals surface area contributed by atoms with Crippen LogP contribution in [0.25, 0.3) is 69.9 Å². The first-order valence-electron chi connectivity index (χ1n) is 13.0. The number of thiophene rings is 1. The number of aromatic nitrogens is 1. The largest absolute Gasteiger partial charge is 0.309 e. The first-order chi connectivity index (χ1) is 19.2. The topological polar surface area (TPSA) is 4.93 Å². The molecule has 0 N–H and O–H groups in total. The fourth-order valence-electron chi connectivity index (χ4n) is 5.90. The Bertz CT molecular complexity index is 2200. The highest BCUT2D eigenvalue weighted by Crippen LogP contribution is 2.41. The van der Waals surface area contributed by atoms with Gasteiger partial charge in [-0.2, -0.15) is 0 Å². The molecule has 0 bridgehead atoms. The van der Waals surface area contributed by atoms with Gasteiger partial charge in [-0.25, -0.2) is 0 Å². The normalized spacial score (nSPS) is 11.7. The molecule has 0 aliphatic rings. The van der Waals surface area contributed by atoms with Gasteiger partial charge in [0.05, 0.1) is 16.7 Å². The van der Waals surface area contributed by atoms with Gasteiger partial charge in [0.15, 0.2) is 0 Å². The summed E-state index contributed by atoms with van der Waals surface area (Å²) in [5.74, 6) is 0.